The second-order valence-corrected chi connectivity index (χ2v) is 10.5. The Morgan fingerprint density at radius 2 is 1.92 bits per heavy atom. The van der Waals surface area contributed by atoms with Crippen molar-refractivity contribution >= 4 is 51.6 Å². The maximum Gasteiger partial charge on any atom is 0.341 e. The fourth-order valence-corrected chi connectivity index (χ4v) is 5.38. The Morgan fingerprint density at radius 3 is 2.56 bits per heavy atom. The molecule has 0 spiro atoms. The smallest absolute Gasteiger partial charge is 0.341 e. The maximum atomic E-state index is 12.7. The van der Waals surface area contributed by atoms with Gasteiger partial charge in [-0.15, -0.1) is 28.1 Å². The van der Waals surface area contributed by atoms with Gasteiger partial charge in [0.15, 0.2) is 11.0 Å². The first-order valence-corrected chi connectivity index (χ1v) is 13.5. The molecule has 0 saturated carbocycles. The number of esters is 1. The van der Waals surface area contributed by atoms with Gasteiger partial charge in [-0.1, -0.05) is 29.4 Å². The lowest BCUT2D eigenvalue weighted by molar-refractivity contribution is -0.113. The van der Waals surface area contributed by atoms with Crippen molar-refractivity contribution in [1.82, 2.24) is 14.8 Å². The number of aryl methyl sites for hydroxylation is 3. The van der Waals surface area contributed by atoms with Crippen LogP contribution in [0.5, 0.6) is 5.75 Å². The molecule has 11 heteroatoms. The molecule has 0 aliphatic heterocycles. The van der Waals surface area contributed by atoms with Crippen molar-refractivity contribution < 1.29 is 19.1 Å². The average molecular weight is 549 g/mol. The normalized spacial score (nSPS) is 10.8. The molecule has 0 bridgehead atoms. The first kappa shape index (κ1) is 27.8. The summed E-state index contributed by atoms with van der Waals surface area (Å²) in [5, 5.41) is 13.1. The van der Waals surface area contributed by atoms with Gasteiger partial charge in [-0.2, -0.15) is 0 Å². The van der Waals surface area contributed by atoms with E-state index >= 15 is 0 Å². The average Bonchev–Trinajstić information content (AvgIpc) is 3.34. The lowest BCUT2D eigenvalue weighted by atomic mass is 10.1. The van der Waals surface area contributed by atoms with E-state index in [0.717, 1.165) is 26.6 Å². The van der Waals surface area contributed by atoms with Gasteiger partial charge in [-0.25, -0.2) is 4.79 Å². The Balaban J connectivity index is 1.68. The third kappa shape index (κ3) is 6.48. The van der Waals surface area contributed by atoms with E-state index in [0.29, 0.717) is 33.8 Å². The molecule has 1 amide bonds. The van der Waals surface area contributed by atoms with Crippen LogP contribution in [0.3, 0.4) is 0 Å². The van der Waals surface area contributed by atoms with Gasteiger partial charge in [0.05, 0.1) is 17.9 Å². The van der Waals surface area contributed by atoms with Gasteiger partial charge in [0, 0.05) is 16.4 Å². The molecule has 0 radical (unpaired) electrons. The van der Waals surface area contributed by atoms with E-state index in [4.69, 9.17) is 21.1 Å². The Labute approximate surface area is 224 Å². The molecule has 192 valence electrons. The number of rotatable bonds is 11. The number of hydrogen-bond acceptors (Lipinski definition) is 8. The van der Waals surface area contributed by atoms with Crippen LogP contribution >= 0.6 is 34.7 Å². The Hall–Kier alpha value is -2.82. The van der Waals surface area contributed by atoms with E-state index in [1.54, 1.807) is 13.0 Å². The summed E-state index contributed by atoms with van der Waals surface area (Å²) in [4.78, 5) is 26.0. The molecule has 0 unspecified atom stereocenters. The third-order valence-electron chi connectivity index (χ3n) is 5.33. The van der Waals surface area contributed by atoms with Crippen molar-refractivity contribution in [2.24, 2.45) is 0 Å². The van der Waals surface area contributed by atoms with Gasteiger partial charge in [0.2, 0.25) is 5.91 Å². The quantitative estimate of drug-likeness (QED) is 0.181. The number of allylic oxidation sites excluding steroid dienone is 1. The van der Waals surface area contributed by atoms with E-state index in [2.05, 4.69) is 22.1 Å². The zero-order chi connectivity index (χ0) is 26.4. The molecule has 1 aromatic carbocycles. The molecule has 3 rings (SSSR count). The molecule has 0 aliphatic rings. The van der Waals surface area contributed by atoms with E-state index in [1.165, 1.54) is 23.1 Å². The Bertz CT molecular complexity index is 1260. The number of carbonyl (C=O) groups is 2. The van der Waals surface area contributed by atoms with Gasteiger partial charge in [-0.3, -0.25) is 9.36 Å². The van der Waals surface area contributed by atoms with Crippen LogP contribution in [0.15, 0.2) is 29.9 Å². The first-order chi connectivity index (χ1) is 17.2. The predicted octanol–water partition coefficient (Wildman–Crippen LogP) is 5.90. The first-order valence-electron chi connectivity index (χ1n) is 11.3. The zero-order valence-electron chi connectivity index (χ0n) is 20.9. The molecule has 0 aliphatic carbocycles. The highest BCUT2D eigenvalue weighted by Gasteiger charge is 2.22. The second kappa shape index (κ2) is 12.4. The Morgan fingerprint density at radius 1 is 1.22 bits per heavy atom. The number of ether oxygens (including phenoxy) is 2. The van der Waals surface area contributed by atoms with Crippen LogP contribution in [0.4, 0.5) is 5.00 Å². The highest BCUT2D eigenvalue weighted by Crippen LogP contribution is 2.33. The minimum atomic E-state index is -0.441. The van der Waals surface area contributed by atoms with Crippen molar-refractivity contribution in [2.75, 3.05) is 17.7 Å². The molecule has 2 heterocycles. The highest BCUT2D eigenvalue weighted by atomic mass is 35.5. The summed E-state index contributed by atoms with van der Waals surface area (Å²) in [6, 6.07) is 3.75. The minimum absolute atomic E-state index is 0.0873. The van der Waals surface area contributed by atoms with Crippen molar-refractivity contribution in [3.8, 4) is 5.75 Å². The summed E-state index contributed by atoms with van der Waals surface area (Å²) < 4.78 is 12.9. The number of thioether (sulfide) groups is 1. The van der Waals surface area contributed by atoms with Gasteiger partial charge in [0.1, 0.15) is 17.4 Å². The molecule has 0 atom stereocenters. The summed E-state index contributed by atoms with van der Waals surface area (Å²) in [5.41, 5.74) is 3.08. The van der Waals surface area contributed by atoms with Crippen LogP contribution in [-0.2, 0) is 22.7 Å². The highest BCUT2D eigenvalue weighted by molar-refractivity contribution is 7.99. The molecule has 0 saturated heterocycles. The second-order valence-electron chi connectivity index (χ2n) is 8.00. The summed E-state index contributed by atoms with van der Waals surface area (Å²) in [5.74, 6) is 0.685. The maximum absolute atomic E-state index is 12.7. The summed E-state index contributed by atoms with van der Waals surface area (Å²) in [6.45, 7) is 14.1. The standard InChI is InChI=1S/C25H29ClN4O4S2/c1-7-9-30-19(12-34-18-10-14(3)22(26)15(4)11-18)28-29-25(30)35-13-20(31)27-23-21(24(32)33-8-2)16(5)17(6)36-23/h7,10-11H,1,8-9,12-13H2,2-6H3,(H,27,31). The monoisotopic (exact) mass is 548 g/mol. The summed E-state index contributed by atoms with van der Waals surface area (Å²) >= 11 is 8.84. The largest absolute Gasteiger partial charge is 0.486 e. The van der Waals surface area contributed by atoms with E-state index in [9.17, 15) is 9.59 Å². The van der Waals surface area contributed by atoms with Crippen LogP contribution in [0.1, 0.15) is 44.7 Å². The van der Waals surface area contributed by atoms with E-state index in [1.807, 2.05) is 44.4 Å². The lowest BCUT2D eigenvalue weighted by Crippen LogP contribution is -2.17. The number of aromatic nitrogens is 3. The van der Waals surface area contributed by atoms with E-state index in [-0.39, 0.29) is 24.9 Å². The predicted molar refractivity (Wildman–Crippen MR) is 145 cm³/mol. The van der Waals surface area contributed by atoms with Crippen LogP contribution < -0.4 is 10.1 Å². The number of nitrogens with zero attached hydrogens (tertiary/aromatic N) is 3. The van der Waals surface area contributed by atoms with Crippen molar-refractivity contribution in [2.45, 2.75) is 52.9 Å². The van der Waals surface area contributed by atoms with Crippen molar-refractivity contribution in [1.29, 1.82) is 0 Å². The number of halogens is 1. The Kier molecular flexibility index (Phi) is 9.58. The molecule has 0 fully saturated rings. The number of amides is 1. The fourth-order valence-electron chi connectivity index (χ4n) is 3.44. The number of hydrogen-bond donors (Lipinski definition) is 1. The van der Waals surface area contributed by atoms with Gasteiger partial charge in [0.25, 0.3) is 0 Å². The lowest BCUT2D eigenvalue weighted by Gasteiger charge is -2.11. The number of anilines is 1. The molecule has 2 aromatic heterocycles. The minimum Gasteiger partial charge on any atom is -0.486 e. The van der Waals surface area contributed by atoms with Crippen LogP contribution in [0.2, 0.25) is 5.02 Å². The zero-order valence-corrected chi connectivity index (χ0v) is 23.3. The molecular weight excluding hydrogens is 520 g/mol. The van der Waals surface area contributed by atoms with Gasteiger partial charge in [-0.05, 0) is 63.4 Å². The molecule has 8 nitrogen and oxygen atoms in total. The molecule has 36 heavy (non-hydrogen) atoms. The topological polar surface area (TPSA) is 95.3 Å². The molecule has 1 N–H and O–H groups in total. The third-order valence-corrected chi connectivity index (χ3v) is 8.02. The number of carbonyl (C=O) groups excluding carboxylic acids is 2. The summed E-state index contributed by atoms with van der Waals surface area (Å²) in [6.07, 6.45) is 1.73. The number of benzene rings is 1. The fraction of sp³-hybridized carbons (Fsp3) is 0.360. The van der Waals surface area contributed by atoms with Crippen LogP contribution in [-0.4, -0.2) is 39.0 Å². The van der Waals surface area contributed by atoms with E-state index < -0.39 is 5.97 Å². The SMILES string of the molecule is C=CCn1c(COc2cc(C)c(Cl)c(C)c2)nnc1SCC(=O)Nc1sc(C)c(C)c1C(=O)OCC. The molecular formula is C25H29ClN4O4S2. The molecule has 3 aromatic rings. The van der Waals surface area contributed by atoms with Crippen LogP contribution in [0.25, 0.3) is 0 Å². The van der Waals surface area contributed by atoms with Gasteiger partial charge >= 0.3 is 5.97 Å². The van der Waals surface area contributed by atoms with Crippen molar-refractivity contribution in [3.05, 3.63) is 62.8 Å². The van der Waals surface area contributed by atoms with Gasteiger partial charge < -0.3 is 14.8 Å². The number of thiophene rings is 1. The number of nitrogens with one attached hydrogen (secondary N) is 1. The van der Waals surface area contributed by atoms with Crippen molar-refractivity contribution in [3.63, 3.8) is 0 Å². The van der Waals surface area contributed by atoms with Crippen LogP contribution in [0, 0.1) is 27.7 Å². The summed E-state index contributed by atoms with van der Waals surface area (Å²) in [7, 11) is 0.